The van der Waals surface area contributed by atoms with E-state index in [1.807, 2.05) is 30.3 Å². The fraction of sp³-hybridized carbons (Fsp3) is 0.353. The lowest BCUT2D eigenvalue weighted by Gasteiger charge is -2.24. The number of hydrogen-bond donors (Lipinski definition) is 0. The Morgan fingerprint density at radius 2 is 1.76 bits per heavy atom. The third-order valence-corrected chi connectivity index (χ3v) is 3.78. The molecule has 0 atom stereocenters. The Morgan fingerprint density at radius 3 is 2.57 bits per heavy atom. The first kappa shape index (κ1) is 13.9. The average molecular weight is 285 g/mol. The standard InChI is InChI=1S/C17H19NO3/c19-17(18-10-4-1-5-11-18)21-20-13-14-8-9-15-6-2-3-7-16(15)12-14/h2-3,6-9,12H,1,4-5,10-11,13H2. The van der Waals surface area contributed by atoms with Gasteiger partial charge in [0.05, 0.1) is 0 Å². The van der Waals surface area contributed by atoms with Crippen molar-refractivity contribution in [1.82, 2.24) is 4.90 Å². The lowest BCUT2D eigenvalue weighted by atomic mass is 10.1. The van der Waals surface area contributed by atoms with Gasteiger partial charge in [0.15, 0.2) is 0 Å². The maximum atomic E-state index is 11.8. The van der Waals surface area contributed by atoms with Crippen molar-refractivity contribution < 1.29 is 14.6 Å². The van der Waals surface area contributed by atoms with Crippen LogP contribution in [0, 0.1) is 0 Å². The van der Waals surface area contributed by atoms with E-state index in [2.05, 4.69) is 12.1 Å². The molecule has 3 rings (SSSR count). The molecule has 0 spiro atoms. The highest BCUT2D eigenvalue weighted by Crippen LogP contribution is 2.16. The van der Waals surface area contributed by atoms with Crippen molar-refractivity contribution in [2.45, 2.75) is 25.9 Å². The van der Waals surface area contributed by atoms with Crippen LogP contribution in [-0.4, -0.2) is 24.1 Å². The summed E-state index contributed by atoms with van der Waals surface area (Å²) in [5, 5.41) is 2.34. The minimum Gasteiger partial charge on any atom is -0.306 e. The Bertz CT molecular complexity index is 620. The Labute approximate surface area is 124 Å². The quantitative estimate of drug-likeness (QED) is 0.634. The second-order valence-corrected chi connectivity index (χ2v) is 5.34. The number of carbonyl (C=O) groups excluding carboxylic acids is 1. The molecule has 1 aliphatic heterocycles. The third-order valence-electron chi connectivity index (χ3n) is 3.78. The van der Waals surface area contributed by atoms with Crippen LogP contribution in [0.5, 0.6) is 0 Å². The summed E-state index contributed by atoms with van der Waals surface area (Å²) in [6, 6.07) is 14.2. The Kier molecular flexibility index (Phi) is 4.36. The predicted molar refractivity (Wildman–Crippen MR) is 80.6 cm³/mol. The van der Waals surface area contributed by atoms with Crippen molar-refractivity contribution in [1.29, 1.82) is 0 Å². The summed E-state index contributed by atoms with van der Waals surface area (Å²) in [5.41, 5.74) is 0.986. The van der Waals surface area contributed by atoms with Crippen LogP contribution < -0.4 is 0 Å². The zero-order valence-corrected chi connectivity index (χ0v) is 12.0. The number of fused-ring (bicyclic) bond motifs is 1. The van der Waals surface area contributed by atoms with Crippen molar-refractivity contribution in [2.75, 3.05) is 13.1 Å². The highest BCUT2D eigenvalue weighted by atomic mass is 17.2. The fourth-order valence-electron chi connectivity index (χ4n) is 2.61. The zero-order valence-electron chi connectivity index (χ0n) is 12.0. The van der Waals surface area contributed by atoms with Crippen LogP contribution in [0.3, 0.4) is 0 Å². The van der Waals surface area contributed by atoms with Crippen LogP contribution in [0.2, 0.25) is 0 Å². The summed E-state index contributed by atoms with van der Waals surface area (Å²) in [5.74, 6) is 0. The van der Waals surface area contributed by atoms with Crippen molar-refractivity contribution >= 4 is 16.9 Å². The second kappa shape index (κ2) is 6.59. The van der Waals surface area contributed by atoms with Gasteiger partial charge in [-0.15, -0.1) is 0 Å². The van der Waals surface area contributed by atoms with Crippen molar-refractivity contribution in [3.63, 3.8) is 0 Å². The summed E-state index contributed by atoms with van der Waals surface area (Å²) in [7, 11) is 0. The molecule has 0 saturated carbocycles. The van der Waals surface area contributed by atoms with Gasteiger partial charge in [-0.25, -0.2) is 4.79 Å². The minimum absolute atomic E-state index is 0.268. The van der Waals surface area contributed by atoms with E-state index >= 15 is 0 Å². The van der Waals surface area contributed by atoms with Gasteiger partial charge in [-0.1, -0.05) is 36.4 Å². The van der Waals surface area contributed by atoms with Gasteiger partial charge in [-0.2, -0.15) is 4.89 Å². The Balaban J connectivity index is 1.53. The number of likely N-dealkylation sites (tertiary alicyclic amines) is 1. The van der Waals surface area contributed by atoms with E-state index < -0.39 is 0 Å². The molecule has 0 bridgehead atoms. The van der Waals surface area contributed by atoms with Crippen molar-refractivity contribution in [3.8, 4) is 0 Å². The molecule has 1 saturated heterocycles. The monoisotopic (exact) mass is 285 g/mol. The molecule has 0 aromatic heterocycles. The summed E-state index contributed by atoms with van der Waals surface area (Å²) in [6.45, 7) is 1.79. The molecule has 1 fully saturated rings. The summed E-state index contributed by atoms with van der Waals surface area (Å²) < 4.78 is 0. The number of nitrogens with zero attached hydrogens (tertiary/aromatic N) is 1. The van der Waals surface area contributed by atoms with Gasteiger partial charge in [0, 0.05) is 13.1 Å². The van der Waals surface area contributed by atoms with Gasteiger partial charge in [0.2, 0.25) is 0 Å². The molecule has 1 heterocycles. The van der Waals surface area contributed by atoms with Gasteiger partial charge in [0.1, 0.15) is 6.61 Å². The molecule has 4 nitrogen and oxygen atoms in total. The molecule has 0 unspecified atom stereocenters. The molecule has 21 heavy (non-hydrogen) atoms. The van der Waals surface area contributed by atoms with E-state index in [1.54, 1.807) is 4.90 Å². The largest absolute Gasteiger partial charge is 0.441 e. The molecule has 0 radical (unpaired) electrons. The molecular weight excluding hydrogens is 266 g/mol. The predicted octanol–water partition coefficient (Wildman–Crippen LogP) is 3.89. The summed E-state index contributed by atoms with van der Waals surface area (Å²) >= 11 is 0. The number of carbonyl (C=O) groups is 1. The van der Waals surface area contributed by atoms with Crippen molar-refractivity contribution in [2.24, 2.45) is 0 Å². The van der Waals surface area contributed by atoms with Gasteiger partial charge in [-0.3, -0.25) is 4.89 Å². The SMILES string of the molecule is O=C(OOCc1ccc2ccccc2c1)N1CCCCC1. The van der Waals surface area contributed by atoms with Crippen LogP contribution >= 0.6 is 0 Å². The zero-order chi connectivity index (χ0) is 14.5. The molecule has 2 aromatic rings. The van der Waals surface area contributed by atoms with E-state index in [-0.39, 0.29) is 12.7 Å². The number of hydrogen-bond acceptors (Lipinski definition) is 3. The number of piperidine rings is 1. The lowest BCUT2D eigenvalue weighted by molar-refractivity contribution is -0.255. The van der Waals surface area contributed by atoms with Gasteiger partial charge >= 0.3 is 6.09 Å². The second-order valence-electron chi connectivity index (χ2n) is 5.34. The average Bonchev–Trinajstić information content (AvgIpc) is 2.55. The van der Waals surface area contributed by atoms with Gasteiger partial charge < -0.3 is 4.90 Å². The highest BCUT2D eigenvalue weighted by molar-refractivity contribution is 5.82. The Morgan fingerprint density at radius 1 is 1.00 bits per heavy atom. The fourth-order valence-corrected chi connectivity index (χ4v) is 2.61. The number of rotatable bonds is 3. The van der Waals surface area contributed by atoms with Gasteiger partial charge in [0.25, 0.3) is 0 Å². The lowest BCUT2D eigenvalue weighted by Crippen LogP contribution is -2.36. The molecule has 2 aromatic carbocycles. The normalized spacial score (nSPS) is 15.1. The molecule has 110 valence electrons. The number of amides is 1. The van der Waals surface area contributed by atoms with Crippen molar-refractivity contribution in [3.05, 3.63) is 48.0 Å². The first-order valence-electron chi connectivity index (χ1n) is 7.39. The van der Waals surface area contributed by atoms with Gasteiger partial charge in [-0.05, 0) is 41.7 Å². The highest BCUT2D eigenvalue weighted by Gasteiger charge is 2.18. The van der Waals surface area contributed by atoms with Crippen LogP contribution in [0.15, 0.2) is 42.5 Å². The molecule has 0 N–H and O–H groups in total. The van der Waals surface area contributed by atoms with Crippen LogP contribution in [0.4, 0.5) is 4.79 Å². The molecular formula is C17H19NO3. The third kappa shape index (κ3) is 3.52. The van der Waals surface area contributed by atoms with Crippen LogP contribution in [0.25, 0.3) is 10.8 Å². The molecule has 4 heteroatoms. The first-order valence-corrected chi connectivity index (χ1v) is 7.39. The smallest absolute Gasteiger partial charge is 0.306 e. The Hall–Kier alpha value is -2.07. The van der Waals surface area contributed by atoms with Crippen LogP contribution in [-0.2, 0) is 16.4 Å². The van der Waals surface area contributed by atoms with E-state index in [9.17, 15) is 4.79 Å². The van der Waals surface area contributed by atoms with Crippen LogP contribution in [0.1, 0.15) is 24.8 Å². The van der Waals surface area contributed by atoms with E-state index in [0.717, 1.165) is 36.9 Å². The first-order chi connectivity index (χ1) is 10.3. The molecule has 1 amide bonds. The topological polar surface area (TPSA) is 38.8 Å². The summed E-state index contributed by atoms with van der Waals surface area (Å²) in [4.78, 5) is 23.5. The minimum atomic E-state index is -0.379. The number of benzene rings is 2. The maximum Gasteiger partial charge on any atom is 0.441 e. The van der Waals surface area contributed by atoms with E-state index in [0.29, 0.717) is 0 Å². The van der Waals surface area contributed by atoms with E-state index in [1.165, 1.54) is 11.8 Å². The molecule has 0 aliphatic carbocycles. The maximum absolute atomic E-state index is 11.8. The summed E-state index contributed by atoms with van der Waals surface area (Å²) in [6.07, 6.45) is 2.89. The molecule has 1 aliphatic rings. The van der Waals surface area contributed by atoms with E-state index in [4.69, 9.17) is 9.78 Å².